The molecule has 110 valence electrons. The van der Waals surface area contributed by atoms with Gasteiger partial charge < -0.3 is 10.1 Å². The van der Waals surface area contributed by atoms with Crippen LogP contribution in [0.15, 0.2) is 60.8 Å². The van der Waals surface area contributed by atoms with Gasteiger partial charge in [0.2, 0.25) is 5.91 Å². The Labute approximate surface area is 128 Å². The number of para-hydroxylation sites is 1. The van der Waals surface area contributed by atoms with Crippen molar-refractivity contribution in [1.82, 2.24) is 4.98 Å². The number of nitrogens with zero attached hydrogens (tertiary/aromatic N) is 1. The van der Waals surface area contributed by atoms with Gasteiger partial charge in [-0.2, -0.15) is 0 Å². The zero-order valence-electron chi connectivity index (χ0n) is 12.2. The highest BCUT2D eigenvalue weighted by atomic mass is 16.5. The number of carbonyl (C=O) groups excluding carboxylic acids is 1. The SMILES string of the molecule is COCC(=O)Nc1ccc(-c2cnc3ccccc3c2)cc1. The fourth-order valence-corrected chi connectivity index (χ4v) is 2.30. The third-order valence-electron chi connectivity index (χ3n) is 3.37. The van der Waals surface area contributed by atoms with E-state index in [0.717, 1.165) is 27.7 Å². The quantitative estimate of drug-likeness (QED) is 0.801. The van der Waals surface area contributed by atoms with Crippen molar-refractivity contribution in [2.75, 3.05) is 19.0 Å². The molecule has 0 bridgehead atoms. The third-order valence-corrected chi connectivity index (χ3v) is 3.37. The summed E-state index contributed by atoms with van der Waals surface area (Å²) in [7, 11) is 1.50. The molecule has 1 heterocycles. The van der Waals surface area contributed by atoms with Crippen LogP contribution < -0.4 is 5.32 Å². The van der Waals surface area contributed by atoms with Gasteiger partial charge in [0.15, 0.2) is 0 Å². The molecule has 0 aliphatic carbocycles. The topological polar surface area (TPSA) is 51.2 Å². The summed E-state index contributed by atoms with van der Waals surface area (Å²) >= 11 is 0. The van der Waals surface area contributed by atoms with Crippen LogP contribution in [0.2, 0.25) is 0 Å². The molecule has 1 amide bonds. The monoisotopic (exact) mass is 292 g/mol. The van der Waals surface area contributed by atoms with E-state index in [1.165, 1.54) is 7.11 Å². The van der Waals surface area contributed by atoms with Gasteiger partial charge in [-0.15, -0.1) is 0 Å². The summed E-state index contributed by atoms with van der Waals surface area (Å²) in [6, 6.07) is 17.8. The molecule has 0 radical (unpaired) electrons. The second-order valence-electron chi connectivity index (χ2n) is 4.98. The fourth-order valence-electron chi connectivity index (χ4n) is 2.30. The molecule has 3 aromatic rings. The molecular weight excluding hydrogens is 276 g/mol. The van der Waals surface area contributed by atoms with Crippen LogP contribution in [0.3, 0.4) is 0 Å². The number of pyridine rings is 1. The van der Waals surface area contributed by atoms with Gasteiger partial charge in [-0.1, -0.05) is 30.3 Å². The first-order valence-corrected chi connectivity index (χ1v) is 7.00. The van der Waals surface area contributed by atoms with E-state index in [1.54, 1.807) is 0 Å². The maximum atomic E-state index is 11.5. The lowest BCUT2D eigenvalue weighted by atomic mass is 10.1. The predicted octanol–water partition coefficient (Wildman–Crippen LogP) is 3.49. The normalized spacial score (nSPS) is 10.6. The summed E-state index contributed by atoms with van der Waals surface area (Å²) < 4.78 is 4.79. The molecule has 0 saturated carbocycles. The average molecular weight is 292 g/mol. The number of hydrogen-bond acceptors (Lipinski definition) is 3. The van der Waals surface area contributed by atoms with Gasteiger partial charge in [-0.05, 0) is 29.8 Å². The molecule has 4 nitrogen and oxygen atoms in total. The lowest BCUT2D eigenvalue weighted by Gasteiger charge is -2.07. The minimum atomic E-state index is -0.164. The first-order chi connectivity index (χ1) is 10.8. The number of ether oxygens (including phenoxy) is 1. The van der Waals surface area contributed by atoms with Crippen molar-refractivity contribution >= 4 is 22.5 Å². The van der Waals surface area contributed by atoms with E-state index in [4.69, 9.17) is 4.74 Å². The minimum absolute atomic E-state index is 0.0519. The number of anilines is 1. The first-order valence-electron chi connectivity index (χ1n) is 7.00. The zero-order valence-corrected chi connectivity index (χ0v) is 12.2. The molecule has 1 aromatic heterocycles. The molecule has 0 unspecified atom stereocenters. The number of amides is 1. The largest absolute Gasteiger partial charge is 0.375 e. The molecule has 1 N–H and O–H groups in total. The van der Waals surface area contributed by atoms with Gasteiger partial charge in [-0.3, -0.25) is 9.78 Å². The Kier molecular flexibility index (Phi) is 4.12. The maximum Gasteiger partial charge on any atom is 0.250 e. The van der Waals surface area contributed by atoms with Crippen molar-refractivity contribution < 1.29 is 9.53 Å². The van der Waals surface area contributed by atoms with Crippen molar-refractivity contribution in [2.45, 2.75) is 0 Å². The van der Waals surface area contributed by atoms with Crippen molar-refractivity contribution in [3.63, 3.8) is 0 Å². The molecule has 0 spiro atoms. The van der Waals surface area contributed by atoms with Crippen LogP contribution in [0.5, 0.6) is 0 Å². The van der Waals surface area contributed by atoms with Crippen LogP contribution >= 0.6 is 0 Å². The Morgan fingerprint density at radius 3 is 2.64 bits per heavy atom. The highest BCUT2D eigenvalue weighted by Crippen LogP contribution is 2.24. The van der Waals surface area contributed by atoms with Gasteiger partial charge in [0, 0.05) is 29.9 Å². The summed E-state index contributed by atoms with van der Waals surface area (Å²) in [4.78, 5) is 15.9. The second kappa shape index (κ2) is 6.37. The highest BCUT2D eigenvalue weighted by molar-refractivity contribution is 5.92. The number of carbonyl (C=O) groups is 1. The average Bonchev–Trinajstić information content (AvgIpc) is 2.55. The molecule has 4 heteroatoms. The number of aromatic nitrogens is 1. The Morgan fingerprint density at radius 2 is 1.86 bits per heavy atom. The van der Waals surface area contributed by atoms with Crippen LogP contribution in [0.1, 0.15) is 0 Å². The van der Waals surface area contributed by atoms with E-state index < -0.39 is 0 Å². The Bertz CT molecular complexity index is 798. The fraction of sp³-hybridized carbons (Fsp3) is 0.111. The molecule has 0 atom stereocenters. The highest BCUT2D eigenvalue weighted by Gasteiger charge is 2.03. The van der Waals surface area contributed by atoms with Crippen molar-refractivity contribution in [3.8, 4) is 11.1 Å². The molecule has 3 rings (SSSR count). The first kappa shape index (κ1) is 14.2. The number of benzene rings is 2. The van der Waals surface area contributed by atoms with Gasteiger partial charge in [0.05, 0.1) is 5.52 Å². The van der Waals surface area contributed by atoms with Gasteiger partial charge in [0.25, 0.3) is 0 Å². The van der Waals surface area contributed by atoms with Crippen LogP contribution in [0.4, 0.5) is 5.69 Å². The molecule has 0 fully saturated rings. The van der Waals surface area contributed by atoms with E-state index in [-0.39, 0.29) is 12.5 Å². The molecule has 0 aliphatic rings. The number of rotatable bonds is 4. The number of fused-ring (bicyclic) bond motifs is 1. The summed E-state index contributed by atoms with van der Waals surface area (Å²) in [5.41, 5.74) is 3.84. The second-order valence-corrected chi connectivity index (χ2v) is 4.98. The van der Waals surface area contributed by atoms with Crippen LogP contribution in [0, 0.1) is 0 Å². The van der Waals surface area contributed by atoms with E-state index in [1.807, 2.05) is 54.7 Å². The molecule has 2 aromatic carbocycles. The number of nitrogens with one attached hydrogen (secondary N) is 1. The van der Waals surface area contributed by atoms with Crippen LogP contribution in [-0.4, -0.2) is 24.6 Å². The standard InChI is InChI=1S/C18H16N2O2/c1-22-12-18(21)20-16-8-6-13(7-9-16)15-10-14-4-2-3-5-17(14)19-11-15/h2-11H,12H2,1H3,(H,20,21). The lowest BCUT2D eigenvalue weighted by Crippen LogP contribution is -2.16. The van der Waals surface area contributed by atoms with E-state index in [0.29, 0.717) is 0 Å². The van der Waals surface area contributed by atoms with Gasteiger partial charge in [0.1, 0.15) is 6.61 Å². The Balaban J connectivity index is 1.83. The number of hydrogen-bond donors (Lipinski definition) is 1. The van der Waals surface area contributed by atoms with Crippen molar-refractivity contribution in [1.29, 1.82) is 0 Å². The predicted molar refractivity (Wildman–Crippen MR) is 87.7 cm³/mol. The molecular formula is C18H16N2O2. The van der Waals surface area contributed by atoms with Crippen LogP contribution in [-0.2, 0) is 9.53 Å². The lowest BCUT2D eigenvalue weighted by molar-refractivity contribution is -0.119. The molecule has 0 saturated heterocycles. The van der Waals surface area contributed by atoms with E-state index in [2.05, 4.69) is 16.4 Å². The Morgan fingerprint density at radius 1 is 1.09 bits per heavy atom. The van der Waals surface area contributed by atoms with E-state index in [9.17, 15) is 4.79 Å². The third kappa shape index (κ3) is 3.13. The maximum absolute atomic E-state index is 11.5. The van der Waals surface area contributed by atoms with Gasteiger partial charge in [-0.25, -0.2) is 0 Å². The van der Waals surface area contributed by atoms with Crippen LogP contribution in [0.25, 0.3) is 22.0 Å². The summed E-state index contributed by atoms with van der Waals surface area (Å²) in [6.45, 7) is 0.0519. The summed E-state index contributed by atoms with van der Waals surface area (Å²) in [5.74, 6) is -0.164. The van der Waals surface area contributed by atoms with Crippen molar-refractivity contribution in [2.24, 2.45) is 0 Å². The summed E-state index contributed by atoms with van der Waals surface area (Å²) in [6.07, 6.45) is 1.86. The van der Waals surface area contributed by atoms with Crippen molar-refractivity contribution in [3.05, 3.63) is 60.8 Å². The molecule has 22 heavy (non-hydrogen) atoms. The van der Waals surface area contributed by atoms with E-state index >= 15 is 0 Å². The summed E-state index contributed by atoms with van der Waals surface area (Å²) in [5, 5.41) is 3.88. The number of methoxy groups -OCH3 is 1. The zero-order chi connectivity index (χ0) is 15.4. The minimum Gasteiger partial charge on any atom is -0.375 e. The smallest absolute Gasteiger partial charge is 0.250 e. The molecule has 0 aliphatic heterocycles. The van der Waals surface area contributed by atoms with Gasteiger partial charge >= 0.3 is 0 Å². The Hall–Kier alpha value is -2.72.